The van der Waals surface area contributed by atoms with E-state index in [9.17, 15) is 24.9 Å². The van der Waals surface area contributed by atoms with Gasteiger partial charge in [-0.2, -0.15) is 0 Å². The molecule has 0 aliphatic carbocycles. The van der Waals surface area contributed by atoms with Crippen molar-refractivity contribution in [2.75, 3.05) is 13.1 Å². The van der Waals surface area contributed by atoms with E-state index in [4.69, 9.17) is 11.6 Å². The van der Waals surface area contributed by atoms with Gasteiger partial charge < -0.3 is 25.5 Å². The van der Waals surface area contributed by atoms with Gasteiger partial charge >= 0.3 is 0 Å². The number of alkyl halides is 1. The molecule has 1 atom stereocenters. The van der Waals surface area contributed by atoms with Gasteiger partial charge in [-0.25, -0.2) is 0 Å². The molecule has 7 nitrogen and oxygen atoms in total. The Kier molecular flexibility index (Phi) is 5.20. The summed E-state index contributed by atoms with van der Waals surface area (Å²) in [5, 5.41) is 30.5. The van der Waals surface area contributed by atoms with E-state index in [0.29, 0.717) is 25.9 Å². The minimum Gasteiger partial charge on any atom is -0.504 e. The molecule has 0 radical (unpaired) electrons. The number of carbonyl (C=O) groups is 2. The van der Waals surface area contributed by atoms with Gasteiger partial charge in [0.1, 0.15) is 5.38 Å². The van der Waals surface area contributed by atoms with Gasteiger partial charge in [0, 0.05) is 24.7 Å². The Hall–Kier alpha value is -2.15. The molecule has 1 fully saturated rings. The second-order valence-corrected chi connectivity index (χ2v) is 6.21. The molecule has 1 aliphatic heterocycles. The zero-order chi connectivity index (χ0) is 17.1. The van der Waals surface area contributed by atoms with Gasteiger partial charge in [0.05, 0.1) is 0 Å². The molecule has 8 heteroatoms. The van der Waals surface area contributed by atoms with Crippen LogP contribution in [0.4, 0.5) is 0 Å². The van der Waals surface area contributed by atoms with Gasteiger partial charge in [0.25, 0.3) is 5.91 Å². The molecular weight excluding hydrogens is 324 g/mol. The number of likely N-dealkylation sites (tertiary alicyclic amines) is 1. The summed E-state index contributed by atoms with van der Waals surface area (Å²) in [5.41, 5.74) is 0.0923. The minimum absolute atomic E-state index is 0.0330. The van der Waals surface area contributed by atoms with Gasteiger partial charge in [-0.15, -0.1) is 11.6 Å². The largest absolute Gasteiger partial charge is 0.504 e. The SMILES string of the molecule is CC(Cl)C(=O)NC1CCN(C(=O)c2cc(O)c(O)c(O)c2)CC1. The number of nitrogens with zero attached hydrogens (tertiary/aromatic N) is 1. The number of halogens is 1. The molecule has 23 heavy (non-hydrogen) atoms. The summed E-state index contributed by atoms with van der Waals surface area (Å²) in [6.07, 6.45) is 1.19. The number of amides is 2. The molecule has 4 N–H and O–H groups in total. The van der Waals surface area contributed by atoms with Crippen LogP contribution in [0, 0.1) is 0 Å². The average Bonchev–Trinajstić information content (AvgIpc) is 2.52. The summed E-state index contributed by atoms with van der Waals surface area (Å²) in [4.78, 5) is 25.5. The number of benzene rings is 1. The summed E-state index contributed by atoms with van der Waals surface area (Å²) in [7, 11) is 0. The van der Waals surface area contributed by atoms with E-state index >= 15 is 0 Å². The third-order valence-corrected chi connectivity index (χ3v) is 4.00. The van der Waals surface area contributed by atoms with Crippen LogP contribution in [-0.2, 0) is 4.79 Å². The Morgan fingerprint density at radius 1 is 1.22 bits per heavy atom. The van der Waals surface area contributed by atoms with Gasteiger partial charge in [-0.05, 0) is 31.9 Å². The van der Waals surface area contributed by atoms with Crippen LogP contribution in [-0.4, -0.2) is 56.5 Å². The van der Waals surface area contributed by atoms with Gasteiger partial charge in [-0.1, -0.05) is 0 Å². The van der Waals surface area contributed by atoms with E-state index < -0.39 is 22.6 Å². The Morgan fingerprint density at radius 3 is 2.22 bits per heavy atom. The number of phenols is 3. The second-order valence-electron chi connectivity index (χ2n) is 5.55. The van der Waals surface area contributed by atoms with Crippen LogP contribution in [0.1, 0.15) is 30.1 Å². The molecule has 1 aromatic carbocycles. The lowest BCUT2D eigenvalue weighted by atomic mass is 10.0. The maximum atomic E-state index is 12.4. The summed E-state index contributed by atoms with van der Waals surface area (Å²) >= 11 is 5.70. The smallest absolute Gasteiger partial charge is 0.254 e. The fourth-order valence-corrected chi connectivity index (χ4v) is 2.52. The molecule has 2 rings (SSSR count). The van der Waals surface area contributed by atoms with Gasteiger partial charge in [0.2, 0.25) is 5.91 Å². The van der Waals surface area contributed by atoms with Crippen molar-refractivity contribution in [2.24, 2.45) is 0 Å². The van der Waals surface area contributed by atoms with E-state index in [2.05, 4.69) is 5.32 Å². The minimum atomic E-state index is -0.654. The second kappa shape index (κ2) is 6.95. The van der Waals surface area contributed by atoms with Crippen LogP contribution >= 0.6 is 11.6 Å². The van der Waals surface area contributed by atoms with Gasteiger partial charge in [-0.3, -0.25) is 9.59 Å². The number of rotatable bonds is 3. The number of carbonyl (C=O) groups excluding carboxylic acids is 2. The van der Waals surface area contributed by atoms with Crippen molar-refractivity contribution >= 4 is 23.4 Å². The molecule has 0 bridgehead atoms. The highest BCUT2D eigenvalue weighted by atomic mass is 35.5. The van der Waals surface area contributed by atoms with Crippen LogP contribution in [0.25, 0.3) is 0 Å². The van der Waals surface area contributed by atoms with Crippen molar-refractivity contribution in [3.8, 4) is 17.2 Å². The third kappa shape index (κ3) is 3.98. The van der Waals surface area contributed by atoms with E-state index in [1.54, 1.807) is 11.8 Å². The molecular formula is C15H19ClN2O5. The average molecular weight is 343 g/mol. The van der Waals surface area contributed by atoms with Crippen LogP contribution < -0.4 is 5.32 Å². The highest BCUT2D eigenvalue weighted by Gasteiger charge is 2.26. The van der Waals surface area contributed by atoms with Crippen molar-refractivity contribution in [1.82, 2.24) is 10.2 Å². The summed E-state index contributed by atoms with van der Waals surface area (Å²) in [6.45, 7) is 2.46. The van der Waals surface area contributed by atoms with E-state index in [-0.39, 0.29) is 23.4 Å². The number of phenolic OH excluding ortho intramolecular Hbond substituents is 3. The maximum Gasteiger partial charge on any atom is 0.254 e. The fourth-order valence-electron chi connectivity index (χ4n) is 2.45. The summed E-state index contributed by atoms with van der Waals surface area (Å²) in [6, 6.07) is 2.19. The molecule has 1 saturated heterocycles. The first-order chi connectivity index (χ1) is 10.8. The Morgan fingerprint density at radius 2 is 1.74 bits per heavy atom. The molecule has 1 aliphatic rings. The Labute approximate surface area is 138 Å². The first-order valence-electron chi connectivity index (χ1n) is 7.28. The molecule has 2 amide bonds. The zero-order valence-corrected chi connectivity index (χ0v) is 13.4. The van der Waals surface area contributed by atoms with E-state index in [1.807, 2.05) is 0 Å². The number of hydrogen-bond acceptors (Lipinski definition) is 5. The molecule has 1 heterocycles. The normalized spacial score (nSPS) is 16.9. The van der Waals surface area contributed by atoms with Crippen LogP contribution in [0.3, 0.4) is 0 Å². The molecule has 0 spiro atoms. The van der Waals surface area contributed by atoms with Crippen molar-refractivity contribution in [3.05, 3.63) is 17.7 Å². The predicted molar refractivity (Wildman–Crippen MR) is 83.8 cm³/mol. The Bertz CT molecular complexity index is 589. The van der Waals surface area contributed by atoms with Crippen molar-refractivity contribution in [1.29, 1.82) is 0 Å². The first kappa shape index (κ1) is 17.2. The highest BCUT2D eigenvalue weighted by molar-refractivity contribution is 6.30. The molecule has 0 saturated carbocycles. The number of aromatic hydroxyl groups is 3. The van der Waals surface area contributed by atoms with Crippen LogP contribution in [0.5, 0.6) is 17.2 Å². The lowest BCUT2D eigenvalue weighted by Crippen LogP contribution is -2.47. The number of hydrogen-bond donors (Lipinski definition) is 4. The van der Waals surface area contributed by atoms with Crippen molar-refractivity contribution in [3.63, 3.8) is 0 Å². The summed E-state index contributed by atoms with van der Waals surface area (Å²) in [5.74, 6) is -2.34. The monoisotopic (exact) mass is 342 g/mol. The quantitative estimate of drug-likeness (QED) is 0.486. The zero-order valence-electron chi connectivity index (χ0n) is 12.6. The summed E-state index contributed by atoms with van der Waals surface area (Å²) < 4.78 is 0. The van der Waals surface area contributed by atoms with Crippen LogP contribution in [0.2, 0.25) is 0 Å². The molecule has 0 aromatic heterocycles. The maximum absolute atomic E-state index is 12.4. The number of piperidine rings is 1. The molecule has 126 valence electrons. The van der Waals surface area contributed by atoms with Crippen molar-refractivity contribution < 1.29 is 24.9 Å². The lowest BCUT2D eigenvalue weighted by Gasteiger charge is -2.32. The lowest BCUT2D eigenvalue weighted by molar-refractivity contribution is -0.121. The van der Waals surface area contributed by atoms with E-state index in [0.717, 1.165) is 12.1 Å². The first-order valence-corrected chi connectivity index (χ1v) is 7.72. The standard InChI is InChI=1S/C15H19ClN2O5/c1-8(16)14(22)17-10-2-4-18(5-3-10)15(23)9-6-11(19)13(21)12(20)7-9/h6-8,10,19-21H,2-5H2,1H3,(H,17,22). The number of nitrogens with one attached hydrogen (secondary N) is 1. The topological polar surface area (TPSA) is 110 Å². The highest BCUT2D eigenvalue weighted by Crippen LogP contribution is 2.35. The third-order valence-electron chi connectivity index (χ3n) is 3.81. The molecule has 1 aromatic rings. The van der Waals surface area contributed by atoms with Crippen molar-refractivity contribution in [2.45, 2.75) is 31.2 Å². The van der Waals surface area contributed by atoms with Crippen LogP contribution in [0.15, 0.2) is 12.1 Å². The fraction of sp³-hybridized carbons (Fsp3) is 0.467. The van der Waals surface area contributed by atoms with E-state index in [1.165, 1.54) is 0 Å². The van der Waals surface area contributed by atoms with Gasteiger partial charge in [0.15, 0.2) is 17.2 Å². The molecule has 1 unspecified atom stereocenters. The Balaban J connectivity index is 1.97. The predicted octanol–water partition coefficient (Wildman–Crippen LogP) is 1.15.